The van der Waals surface area contributed by atoms with Crippen molar-refractivity contribution in [2.24, 2.45) is 5.92 Å². The molecule has 2 fully saturated rings. The molecule has 0 aliphatic carbocycles. The van der Waals surface area contributed by atoms with Gasteiger partial charge < -0.3 is 19.9 Å². The summed E-state index contributed by atoms with van der Waals surface area (Å²) in [6, 6.07) is 0. The first-order chi connectivity index (χ1) is 8.13. The molecule has 0 aromatic rings. The van der Waals surface area contributed by atoms with Gasteiger partial charge in [0.2, 0.25) is 0 Å². The van der Waals surface area contributed by atoms with Crippen LogP contribution in [-0.4, -0.2) is 41.2 Å². The molecule has 0 radical (unpaired) electrons. The minimum absolute atomic E-state index is 0.0855. The summed E-state index contributed by atoms with van der Waals surface area (Å²) in [6.45, 7) is 8.94. The summed E-state index contributed by atoms with van der Waals surface area (Å²) >= 11 is 0. The van der Waals surface area contributed by atoms with E-state index in [0.717, 1.165) is 12.8 Å². The summed E-state index contributed by atoms with van der Waals surface area (Å²) < 4.78 is 11.6. The monoisotopic (exact) mass is 257 g/mol. The molecule has 2 N–H and O–H groups in total. The normalized spacial score (nSPS) is 30.2. The molecule has 5 nitrogen and oxygen atoms in total. The molecule has 0 bridgehead atoms. The van der Waals surface area contributed by atoms with Crippen LogP contribution >= 0.6 is 0 Å². The van der Waals surface area contributed by atoms with Crippen LogP contribution in [0, 0.1) is 5.92 Å². The lowest BCUT2D eigenvalue weighted by atomic mass is 9.78. The Morgan fingerprint density at radius 1 is 1.11 bits per heavy atom. The Morgan fingerprint density at radius 3 is 1.94 bits per heavy atom. The van der Waals surface area contributed by atoms with Crippen molar-refractivity contribution in [1.29, 1.82) is 0 Å². The molecule has 18 heavy (non-hydrogen) atoms. The number of carboxylic acid groups (broad SMARTS) is 1. The van der Waals surface area contributed by atoms with Crippen molar-refractivity contribution in [3.8, 4) is 0 Å². The molecule has 0 unspecified atom stereocenters. The number of aliphatic carboxylic acids is 1. The average Bonchev–Trinajstić information content (AvgIpc) is 2.12. The predicted octanol–water partition coefficient (Wildman–Crippen LogP) is 1.37. The van der Waals surface area contributed by atoms with Crippen LogP contribution in [0.2, 0.25) is 0 Å². The van der Waals surface area contributed by atoms with Crippen molar-refractivity contribution in [2.75, 3.05) is 13.2 Å². The minimum Gasteiger partial charge on any atom is -0.481 e. The van der Waals surface area contributed by atoms with Crippen molar-refractivity contribution in [3.05, 3.63) is 0 Å². The van der Waals surface area contributed by atoms with Gasteiger partial charge in [-0.3, -0.25) is 4.79 Å². The Hall–Kier alpha value is -0.650. The number of hydrogen-bond donors (Lipinski definition) is 2. The summed E-state index contributed by atoms with van der Waals surface area (Å²) in [4.78, 5) is 10.9. The standard InChI is InChI=1S/C13H23NO4/c1-11(2)7-13(8-12(3,4)14-11)17-5-9(6-18-13)10(15)16/h9,14H,5-8H2,1-4H3,(H,15,16). The molecule has 0 amide bonds. The van der Waals surface area contributed by atoms with Crippen molar-refractivity contribution in [3.63, 3.8) is 0 Å². The molecule has 0 saturated carbocycles. The van der Waals surface area contributed by atoms with E-state index in [-0.39, 0.29) is 24.3 Å². The first kappa shape index (κ1) is 13.8. The Kier molecular flexibility index (Phi) is 3.20. The number of hydrogen-bond acceptors (Lipinski definition) is 4. The van der Waals surface area contributed by atoms with E-state index in [9.17, 15) is 4.79 Å². The fraction of sp³-hybridized carbons (Fsp3) is 0.923. The van der Waals surface area contributed by atoms with Crippen LogP contribution in [0.1, 0.15) is 40.5 Å². The largest absolute Gasteiger partial charge is 0.481 e. The molecule has 2 saturated heterocycles. The van der Waals surface area contributed by atoms with Gasteiger partial charge in [-0.25, -0.2) is 0 Å². The van der Waals surface area contributed by atoms with Crippen LogP contribution in [0.5, 0.6) is 0 Å². The van der Waals surface area contributed by atoms with E-state index >= 15 is 0 Å². The first-order valence-electron chi connectivity index (χ1n) is 6.43. The van der Waals surface area contributed by atoms with E-state index in [4.69, 9.17) is 14.6 Å². The number of carbonyl (C=O) groups is 1. The summed E-state index contributed by atoms with van der Waals surface area (Å²) in [7, 11) is 0. The third kappa shape index (κ3) is 2.84. The van der Waals surface area contributed by atoms with E-state index in [1.165, 1.54) is 0 Å². The van der Waals surface area contributed by atoms with Gasteiger partial charge in [0.05, 0.1) is 13.2 Å². The SMILES string of the molecule is CC1(C)CC2(CC(C)(C)N1)OCC(C(=O)O)CO2. The number of rotatable bonds is 1. The lowest BCUT2D eigenvalue weighted by molar-refractivity contribution is -0.308. The van der Waals surface area contributed by atoms with E-state index in [2.05, 4.69) is 33.0 Å². The fourth-order valence-corrected chi connectivity index (χ4v) is 3.36. The lowest BCUT2D eigenvalue weighted by Gasteiger charge is -2.53. The van der Waals surface area contributed by atoms with Gasteiger partial charge in [-0.2, -0.15) is 0 Å². The topological polar surface area (TPSA) is 67.8 Å². The van der Waals surface area contributed by atoms with E-state index in [0.29, 0.717) is 0 Å². The molecular weight excluding hydrogens is 234 g/mol. The highest BCUT2D eigenvalue weighted by molar-refractivity contribution is 5.70. The maximum absolute atomic E-state index is 10.9. The molecule has 5 heteroatoms. The van der Waals surface area contributed by atoms with Crippen molar-refractivity contribution < 1.29 is 19.4 Å². The number of carboxylic acids is 1. The summed E-state index contributed by atoms with van der Waals surface area (Å²) in [6.07, 6.45) is 1.46. The molecule has 2 heterocycles. The molecule has 0 aromatic carbocycles. The minimum atomic E-state index is -0.850. The second-order valence-electron chi connectivity index (χ2n) is 6.81. The maximum atomic E-state index is 10.9. The first-order valence-corrected chi connectivity index (χ1v) is 6.43. The Labute approximate surface area is 108 Å². The predicted molar refractivity (Wildman–Crippen MR) is 66.3 cm³/mol. The third-order valence-corrected chi connectivity index (χ3v) is 3.54. The van der Waals surface area contributed by atoms with Crippen LogP contribution in [0.3, 0.4) is 0 Å². The molecule has 2 aliphatic rings. The Balaban J connectivity index is 2.11. The van der Waals surface area contributed by atoms with Gasteiger partial charge in [0.25, 0.3) is 0 Å². The van der Waals surface area contributed by atoms with Crippen LogP contribution in [-0.2, 0) is 14.3 Å². The smallest absolute Gasteiger partial charge is 0.311 e. The van der Waals surface area contributed by atoms with E-state index in [1.807, 2.05) is 0 Å². The maximum Gasteiger partial charge on any atom is 0.311 e. The Bertz CT molecular complexity index is 325. The van der Waals surface area contributed by atoms with E-state index < -0.39 is 17.7 Å². The van der Waals surface area contributed by atoms with Gasteiger partial charge in [0, 0.05) is 23.9 Å². The van der Waals surface area contributed by atoms with Crippen molar-refractivity contribution in [2.45, 2.75) is 57.4 Å². The van der Waals surface area contributed by atoms with Gasteiger partial charge in [0.15, 0.2) is 5.79 Å². The highest BCUT2D eigenvalue weighted by atomic mass is 16.7. The second-order valence-corrected chi connectivity index (χ2v) is 6.81. The molecule has 2 aliphatic heterocycles. The number of piperidine rings is 1. The highest BCUT2D eigenvalue weighted by Gasteiger charge is 2.51. The van der Waals surface area contributed by atoms with Crippen LogP contribution in [0.15, 0.2) is 0 Å². The molecule has 0 atom stereocenters. The lowest BCUT2D eigenvalue weighted by Crippen LogP contribution is -2.66. The zero-order valence-corrected chi connectivity index (χ0v) is 11.6. The van der Waals surface area contributed by atoms with Gasteiger partial charge in [0.1, 0.15) is 5.92 Å². The summed E-state index contributed by atoms with van der Waals surface area (Å²) in [5, 5.41) is 12.5. The number of nitrogens with one attached hydrogen (secondary N) is 1. The fourth-order valence-electron chi connectivity index (χ4n) is 3.36. The quantitative estimate of drug-likeness (QED) is 0.742. The van der Waals surface area contributed by atoms with Crippen LogP contribution in [0.4, 0.5) is 0 Å². The van der Waals surface area contributed by atoms with Gasteiger partial charge in [-0.1, -0.05) is 0 Å². The second kappa shape index (κ2) is 4.18. The van der Waals surface area contributed by atoms with Crippen molar-refractivity contribution in [1.82, 2.24) is 5.32 Å². The molecular formula is C13H23NO4. The molecule has 2 rings (SSSR count). The third-order valence-electron chi connectivity index (χ3n) is 3.54. The molecule has 104 valence electrons. The Morgan fingerprint density at radius 2 is 1.56 bits per heavy atom. The number of ether oxygens (including phenoxy) is 2. The van der Waals surface area contributed by atoms with E-state index in [1.54, 1.807) is 0 Å². The summed E-state index contributed by atoms with van der Waals surface area (Å²) in [5.41, 5.74) is -0.171. The highest BCUT2D eigenvalue weighted by Crippen LogP contribution is 2.41. The summed E-state index contributed by atoms with van der Waals surface area (Å²) in [5.74, 6) is -2.03. The van der Waals surface area contributed by atoms with Gasteiger partial charge in [-0.05, 0) is 27.7 Å². The van der Waals surface area contributed by atoms with Gasteiger partial charge >= 0.3 is 5.97 Å². The zero-order valence-electron chi connectivity index (χ0n) is 11.6. The zero-order chi connectivity index (χ0) is 13.6. The van der Waals surface area contributed by atoms with Crippen LogP contribution < -0.4 is 5.32 Å². The molecule has 1 spiro atoms. The average molecular weight is 257 g/mol. The van der Waals surface area contributed by atoms with Crippen molar-refractivity contribution >= 4 is 5.97 Å². The van der Waals surface area contributed by atoms with Crippen LogP contribution in [0.25, 0.3) is 0 Å². The molecule has 0 aromatic heterocycles. The van der Waals surface area contributed by atoms with Gasteiger partial charge in [-0.15, -0.1) is 0 Å².